The van der Waals surface area contributed by atoms with Crippen LogP contribution in [0.15, 0.2) is 0 Å². The Balaban J connectivity index is 2.09. The van der Waals surface area contributed by atoms with Crippen LogP contribution < -0.4 is 5.32 Å². The maximum absolute atomic E-state index is 10.9. The van der Waals surface area contributed by atoms with Gasteiger partial charge in [0.05, 0.1) is 24.3 Å². The Labute approximate surface area is 93.9 Å². The van der Waals surface area contributed by atoms with E-state index in [0.717, 1.165) is 0 Å². The Bertz CT molecular complexity index is 286. The van der Waals surface area contributed by atoms with Crippen LogP contribution in [0, 0.1) is 0 Å². The minimum atomic E-state index is -1.02. The summed E-state index contributed by atoms with van der Waals surface area (Å²) in [7, 11) is 0. The number of fused-ring (bicyclic) bond motifs is 1. The predicted molar refractivity (Wildman–Crippen MR) is 55.6 cm³/mol. The molecule has 2 unspecified atom stereocenters. The lowest BCUT2D eigenvalue weighted by Crippen LogP contribution is -2.65. The van der Waals surface area contributed by atoms with E-state index in [2.05, 4.69) is 5.32 Å². The maximum Gasteiger partial charge on any atom is 0.217 e. The molecule has 92 valence electrons. The molecule has 0 radical (unpaired) electrons. The van der Waals surface area contributed by atoms with Gasteiger partial charge in [-0.2, -0.15) is 0 Å². The number of amides is 1. The van der Waals surface area contributed by atoms with E-state index in [4.69, 9.17) is 0 Å². The molecule has 0 aromatic carbocycles. The van der Waals surface area contributed by atoms with Crippen LogP contribution in [-0.2, 0) is 4.79 Å². The summed E-state index contributed by atoms with van der Waals surface area (Å²) in [5, 5.41) is 32.0. The molecule has 16 heavy (non-hydrogen) atoms. The molecule has 5 atom stereocenters. The fourth-order valence-electron chi connectivity index (χ4n) is 2.71. The van der Waals surface area contributed by atoms with Crippen molar-refractivity contribution >= 4 is 5.91 Å². The van der Waals surface area contributed by atoms with Crippen molar-refractivity contribution in [3.05, 3.63) is 0 Å². The molecule has 0 bridgehead atoms. The second-order valence-corrected chi connectivity index (χ2v) is 4.63. The van der Waals surface area contributed by atoms with Gasteiger partial charge in [0.25, 0.3) is 0 Å². The smallest absolute Gasteiger partial charge is 0.217 e. The molecule has 6 nitrogen and oxygen atoms in total. The van der Waals surface area contributed by atoms with Gasteiger partial charge in [0.2, 0.25) is 5.91 Å². The van der Waals surface area contributed by atoms with Gasteiger partial charge in [-0.15, -0.1) is 0 Å². The lowest BCUT2D eigenvalue weighted by Gasteiger charge is -2.42. The number of hydrogen-bond acceptors (Lipinski definition) is 5. The van der Waals surface area contributed by atoms with Gasteiger partial charge in [0, 0.05) is 20.0 Å². The van der Waals surface area contributed by atoms with Crippen molar-refractivity contribution in [1.82, 2.24) is 10.2 Å². The average Bonchev–Trinajstić information content (AvgIpc) is 2.55. The number of carbonyl (C=O) groups excluding carboxylic acids is 1. The highest BCUT2D eigenvalue weighted by atomic mass is 16.3. The number of rotatable bonds is 1. The highest BCUT2D eigenvalue weighted by Crippen LogP contribution is 2.28. The average molecular weight is 230 g/mol. The molecule has 0 aromatic heterocycles. The van der Waals surface area contributed by atoms with E-state index in [1.165, 1.54) is 6.92 Å². The van der Waals surface area contributed by atoms with Crippen molar-refractivity contribution in [2.75, 3.05) is 13.1 Å². The first-order chi connectivity index (χ1) is 7.50. The van der Waals surface area contributed by atoms with Gasteiger partial charge in [-0.25, -0.2) is 0 Å². The minimum absolute atomic E-state index is 0.227. The minimum Gasteiger partial charge on any atom is -0.391 e. The van der Waals surface area contributed by atoms with Gasteiger partial charge >= 0.3 is 0 Å². The topological polar surface area (TPSA) is 93.0 Å². The third-order valence-corrected chi connectivity index (χ3v) is 3.46. The van der Waals surface area contributed by atoms with E-state index < -0.39 is 30.4 Å². The first kappa shape index (κ1) is 11.8. The zero-order valence-corrected chi connectivity index (χ0v) is 9.21. The molecule has 0 spiro atoms. The fourth-order valence-corrected chi connectivity index (χ4v) is 2.71. The quantitative estimate of drug-likeness (QED) is 0.405. The highest BCUT2D eigenvalue weighted by molar-refractivity contribution is 5.73. The molecule has 4 N–H and O–H groups in total. The molecule has 2 saturated heterocycles. The van der Waals surface area contributed by atoms with Crippen LogP contribution in [0.2, 0.25) is 0 Å². The first-order valence-electron chi connectivity index (χ1n) is 5.56. The largest absolute Gasteiger partial charge is 0.391 e. The van der Waals surface area contributed by atoms with Crippen molar-refractivity contribution in [3.63, 3.8) is 0 Å². The normalized spacial score (nSPS) is 44.1. The summed E-state index contributed by atoms with van der Waals surface area (Å²) < 4.78 is 0. The summed E-state index contributed by atoms with van der Waals surface area (Å²) in [6.45, 7) is 2.54. The standard InChI is InChI=1S/C10H18N2O4/c1-5(13)11-6-4-12-3-2-7(14)8(12)10(16)9(6)15/h6-10,14-16H,2-4H2,1H3,(H,11,13)/t6-,7?,8?,9+,10+/m0/s1. The molecular weight excluding hydrogens is 212 g/mol. The summed E-state index contributed by atoms with van der Waals surface area (Å²) in [6, 6.07) is -0.867. The van der Waals surface area contributed by atoms with Crippen molar-refractivity contribution in [2.45, 2.75) is 43.7 Å². The van der Waals surface area contributed by atoms with E-state index in [1.54, 1.807) is 0 Å². The second-order valence-electron chi connectivity index (χ2n) is 4.63. The van der Waals surface area contributed by atoms with E-state index in [9.17, 15) is 20.1 Å². The van der Waals surface area contributed by atoms with Crippen molar-refractivity contribution in [3.8, 4) is 0 Å². The zero-order chi connectivity index (χ0) is 11.9. The molecule has 2 aliphatic heterocycles. The van der Waals surface area contributed by atoms with Crippen molar-refractivity contribution in [2.24, 2.45) is 0 Å². The monoisotopic (exact) mass is 230 g/mol. The second kappa shape index (κ2) is 4.29. The molecule has 2 fully saturated rings. The van der Waals surface area contributed by atoms with Gasteiger partial charge in [-0.1, -0.05) is 0 Å². The van der Waals surface area contributed by atoms with E-state index in [1.807, 2.05) is 4.90 Å². The van der Waals surface area contributed by atoms with Crippen LogP contribution in [0.3, 0.4) is 0 Å². The molecular formula is C10H18N2O4. The van der Waals surface area contributed by atoms with Crippen LogP contribution in [0.4, 0.5) is 0 Å². The zero-order valence-electron chi connectivity index (χ0n) is 9.21. The Hall–Kier alpha value is -0.690. The van der Waals surface area contributed by atoms with E-state index >= 15 is 0 Å². The van der Waals surface area contributed by atoms with Crippen LogP contribution in [0.1, 0.15) is 13.3 Å². The van der Waals surface area contributed by atoms with Crippen LogP contribution in [0.5, 0.6) is 0 Å². The number of aliphatic hydroxyl groups is 3. The third-order valence-electron chi connectivity index (χ3n) is 3.46. The van der Waals surface area contributed by atoms with Crippen LogP contribution in [-0.4, -0.2) is 69.6 Å². The Morgan fingerprint density at radius 3 is 2.62 bits per heavy atom. The molecule has 2 aliphatic rings. The summed E-state index contributed by atoms with van der Waals surface area (Å²) in [5.41, 5.74) is 0. The fraction of sp³-hybridized carbons (Fsp3) is 0.900. The Morgan fingerprint density at radius 1 is 1.31 bits per heavy atom. The number of nitrogens with zero attached hydrogens (tertiary/aromatic N) is 1. The molecule has 1 amide bonds. The molecule has 6 heteroatoms. The van der Waals surface area contributed by atoms with Crippen LogP contribution >= 0.6 is 0 Å². The third kappa shape index (κ3) is 1.93. The van der Waals surface area contributed by atoms with E-state index in [0.29, 0.717) is 19.5 Å². The SMILES string of the molecule is CC(=O)N[C@H]1CN2CCC(O)C2[C@@H](O)[C@@H]1O. The summed E-state index contributed by atoms with van der Waals surface area (Å²) in [5.74, 6) is -0.227. The number of piperidine rings is 1. The Kier molecular flexibility index (Phi) is 3.16. The first-order valence-corrected chi connectivity index (χ1v) is 5.56. The molecule has 0 saturated carbocycles. The highest BCUT2D eigenvalue weighted by Gasteiger charge is 2.48. The van der Waals surface area contributed by atoms with Gasteiger partial charge < -0.3 is 20.6 Å². The number of carbonyl (C=O) groups is 1. The predicted octanol–water partition coefficient (Wildman–Crippen LogP) is -2.34. The number of nitrogens with one attached hydrogen (secondary N) is 1. The lowest BCUT2D eigenvalue weighted by atomic mass is 9.91. The Morgan fingerprint density at radius 2 is 2.00 bits per heavy atom. The molecule has 0 aromatic rings. The molecule has 0 aliphatic carbocycles. The number of aliphatic hydroxyl groups excluding tert-OH is 3. The molecule has 2 heterocycles. The maximum atomic E-state index is 10.9. The molecule has 2 rings (SSSR count). The van der Waals surface area contributed by atoms with Gasteiger partial charge in [-0.3, -0.25) is 9.69 Å². The van der Waals surface area contributed by atoms with Crippen LogP contribution in [0.25, 0.3) is 0 Å². The van der Waals surface area contributed by atoms with Crippen molar-refractivity contribution in [1.29, 1.82) is 0 Å². The lowest BCUT2D eigenvalue weighted by molar-refractivity contribution is -0.127. The van der Waals surface area contributed by atoms with E-state index in [-0.39, 0.29) is 5.91 Å². The summed E-state index contributed by atoms with van der Waals surface area (Å²) >= 11 is 0. The summed E-state index contributed by atoms with van der Waals surface area (Å²) in [6.07, 6.45) is -2.02. The van der Waals surface area contributed by atoms with Gasteiger partial charge in [0.1, 0.15) is 6.10 Å². The summed E-state index contributed by atoms with van der Waals surface area (Å²) in [4.78, 5) is 12.9. The van der Waals surface area contributed by atoms with Crippen molar-refractivity contribution < 1.29 is 20.1 Å². The van der Waals surface area contributed by atoms with Gasteiger partial charge in [0.15, 0.2) is 0 Å². The number of hydrogen-bond donors (Lipinski definition) is 4. The van der Waals surface area contributed by atoms with Gasteiger partial charge in [-0.05, 0) is 6.42 Å².